The summed E-state index contributed by atoms with van der Waals surface area (Å²) in [6.45, 7) is 6.92. The molecule has 0 atom stereocenters. The molecule has 5 nitrogen and oxygen atoms in total. The Hall–Kier alpha value is -2.95. The number of amides is 2. The summed E-state index contributed by atoms with van der Waals surface area (Å²) in [7, 11) is 0. The van der Waals surface area contributed by atoms with Crippen LogP contribution in [0.25, 0.3) is 0 Å². The molecular formula is C22H25N3O2. The second kappa shape index (κ2) is 8.16. The Morgan fingerprint density at radius 1 is 1.07 bits per heavy atom. The number of carbonyl (C=O) groups excluding carboxylic acids is 2. The van der Waals surface area contributed by atoms with Gasteiger partial charge in [0.15, 0.2) is 0 Å². The number of nitrogens with zero attached hydrogens (tertiary/aromatic N) is 3. The van der Waals surface area contributed by atoms with Gasteiger partial charge in [0.25, 0.3) is 5.91 Å². The molecule has 0 radical (unpaired) electrons. The molecule has 0 fully saturated rings. The van der Waals surface area contributed by atoms with E-state index in [-0.39, 0.29) is 11.8 Å². The standard InChI is InChI=1S/C22H25N3O2/c1-4-24(19-13-16(2)12-17(3)14-19)22(27)20-10-11-21(26)25(23-20)15-18-8-6-5-7-9-18/h5-9,12-14H,4,10-11,15H2,1-3H3. The highest BCUT2D eigenvalue weighted by atomic mass is 16.2. The number of aryl methyl sites for hydroxylation is 2. The Kier molecular flexibility index (Phi) is 5.69. The first-order chi connectivity index (χ1) is 13.0. The van der Waals surface area contributed by atoms with Gasteiger partial charge in [-0.2, -0.15) is 5.10 Å². The maximum absolute atomic E-state index is 13.1. The fourth-order valence-electron chi connectivity index (χ4n) is 3.34. The van der Waals surface area contributed by atoms with Crippen molar-refractivity contribution in [3.63, 3.8) is 0 Å². The van der Waals surface area contributed by atoms with E-state index in [1.54, 1.807) is 4.90 Å². The van der Waals surface area contributed by atoms with Crippen molar-refractivity contribution in [3.8, 4) is 0 Å². The number of benzene rings is 2. The lowest BCUT2D eigenvalue weighted by Crippen LogP contribution is -2.41. The van der Waals surface area contributed by atoms with Crippen molar-refractivity contribution in [1.29, 1.82) is 0 Å². The summed E-state index contributed by atoms with van der Waals surface area (Å²) in [6, 6.07) is 15.8. The van der Waals surface area contributed by atoms with Crippen LogP contribution in [-0.4, -0.2) is 29.1 Å². The predicted molar refractivity (Wildman–Crippen MR) is 108 cm³/mol. The summed E-state index contributed by atoms with van der Waals surface area (Å²) in [5.74, 6) is -0.182. The number of carbonyl (C=O) groups is 2. The average Bonchev–Trinajstić information content (AvgIpc) is 2.64. The van der Waals surface area contributed by atoms with Gasteiger partial charge in [-0.1, -0.05) is 36.4 Å². The predicted octanol–water partition coefficient (Wildman–Crippen LogP) is 3.83. The largest absolute Gasteiger partial charge is 0.308 e. The molecule has 1 aliphatic rings. The number of hydrogen-bond donors (Lipinski definition) is 0. The zero-order valence-electron chi connectivity index (χ0n) is 16.1. The summed E-state index contributed by atoms with van der Waals surface area (Å²) >= 11 is 0. The minimum Gasteiger partial charge on any atom is -0.308 e. The molecule has 0 bridgehead atoms. The van der Waals surface area contributed by atoms with Crippen LogP contribution in [0.3, 0.4) is 0 Å². The van der Waals surface area contributed by atoms with Crippen LogP contribution in [0.2, 0.25) is 0 Å². The van der Waals surface area contributed by atoms with Crippen LogP contribution >= 0.6 is 0 Å². The lowest BCUT2D eigenvalue weighted by atomic mass is 10.1. The Bertz CT molecular complexity index is 854. The SMILES string of the molecule is CCN(C(=O)C1=NN(Cc2ccccc2)C(=O)CC1)c1cc(C)cc(C)c1. The smallest absolute Gasteiger partial charge is 0.274 e. The third kappa shape index (κ3) is 4.42. The molecule has 0 unspecified atom stereocenters. The third-order valence-electron chi connectivity index (χ3n) is 4.61. The second-order valence-corrected chi connectivity index (χ2v) is 6.88. The summed E-state index contributed by atoms with van der Waals surface area (Å²) in [6.07, 6.45) is 0.687. The normalized spacial score (nSPS) is 14.1. The number of anilines is 1. The quantitative estimate of drug-likeness (QED) is 0.810. The van der Waals surface area contributed by atoms with Gasteiger partial charge < -0.3 is 4.90 Å². The molecule has 2 amide bonds. The Labute approximate surface area is 160 Å². The average molecular weight is 363 g/mol. The van der Waals surface area contributed by atoms with Gasteiger partial charge in [-0.15, -0.1) is 0 Å². The van der Waals surface area contributed by atoms with Gasteiger partial charge in [-0.05, 0) is 49.6 Å². The van der Waals surface area contributed by atoms with E-state index in [1.165, 1.54) is 5.01 Å². The first kappa shape index (κ1) is 18.8. The summed E-state index contributed by atoms with van der Waals surface area (Å²) < 4.78 is 0. The molecule has 0 aromatic heterocycles. The van der Waals surface area contributed by atoms with Gasteiger partial charge in [-0.25, -0.2) is 5.01 Å². The molecule has 1 aliphatic heterocycles. The van der Waals surface area contributed by atoms with Gasteiger partial charge >= 0.3 is 0 Å². The highest BCUT2D eigenvalue weighted by molar-refractivity contribution is 6.44. The maximum atomic E-state index is 13.1. The zero-order valence-corrected chi connectivity index (χ0v) is 16.1. The summed E-state index contributed by atoms with van der Waals surface area (Å²) in [4.78, 5) is 27.1. The lowest BCUT2D eigenvalue weighted by Gasteiger charge is -2.27. The molecule has 0 saturated carbocycles. The number of hydrogen-bond acceptors (Lipinski definition) is 3. The minimum atomic E-state index is -0.131. The molecular weight excluding hydrogens is 338 g/mol. The lowest BCUT2D eigenvalue weighted by molar-refractivity contribution is -0.132. The van der Waals surface area contributed by atoms with Crippen LogP contribution in [0.5, 0.6) is 0 Å². The van der Waals surface area contributed by atoms with E-state index >= 15 is 0 Å². The molecule has 27 heavy (non-hydrogen) atoms. The fourth-order valence-corrected chi connectivity index (χ4v) is 3.34. The topological polar surface area (TPSA) is 53.0 Å². The molecule has 0 spiro atoms. The van der Waals surface area contributed by atoms with Gasteiger partial charge in [0.05, 0.1) is 6.54 Å². The van der Waals surface area contributed by atoms with E-state index in [2.05, 4.69) is 11.2 Å². The van der Waals surface area contributed by atoms with E-state index < -0.39 is 0 Å². The monoisotopic (exact) mass is 363 g/mol. The number of rotatable bonds is 5. The van der Waals surface area contributed by atoms with Gasteiger partial charge in [0.2, 0.25) is 5.91 Å². The molecule has 3 rings (SSSR count). The van der Waals surface area contributed by atoms with Gasteiger partial charge in [0, 0.05) is 25.1 Å². The van der Waals surface area contributed by atoms with Gasteiger partial charge in [-0.3, -0.25) is 9.59 Å². The fraction of sp³-hybridized carbons (Fsp3) is 0.318. The molecule has 0 N–H and O–H groups in total. The van der Waals surface area contributed by atoms with Crippen LogP contribution in [-0.2, 0) is 16.1 Å². The van der Waals surface area contributed by atoms with Crippen molar-refractivity contribution in [1.82, 2.24) is 5.01 Å². The van der Waals surface area contributed by atoms with Crippen molar-refractivity contribution in [2.24, 2.45) is 5.10 Å². The third-order valence-corrected chi connectivity index (χ3v) is 4.61. The molecule has 2 aromatic carbocycles. The molecule has 0 saturated heterocycles. The second-order valence-electron chi connectivity index (χ2n) is 6.88. The van der Waals surface area contributed by atoms with Crippen molar-refractivity contribution in [3.05, 3.63) is 65.2 Å². The summed E-state index contributed by atoms with van der Waals surface area (Å²) in [5, 5.41) is 5.82. The molecule has 2 aromatic rings. The first-order valence-corrected chi connectivity index (χ1v) is 9.30. The van der Waals surface area contributed by atoms with E-state index in [9.17, 15) is 9.59 Å². The molecule has 5 heteroatoms. The van der Waals surface area contributed by atoms with Crippen LogP contribution < -0.4 is 4.90 Å². The highest BCUT2D eigenvalue weighted by Gasteiger charge is 2.28. The first-order valence-electron chi connectivity index (χ1n) is 9.30. The van der Waals surface area contributed by atoms with Crippen LogP contribution in [0, 0.1) is 13.8 Å². The highest BCUT2D eigenvalue weighted by Crippen LogP contribution is 2.21. The Morgan fingerprint density at radius 3 is 2.37 bits per heavy atom. The van der Waals surface area contributed by atoms with E-state index in [0.717, 1.165) is 22.4 Å². The Morgan fingerprint density at radius 2 is 1.74 bits per heavy atom. The van der Waals surface area contributed by atoms with Crippen LogP contribution in [0.4, 0.5) is 5.69 Å². The van der Waals surface area contributed by atoms with E-state index in [4.69, 9.17) is 0 Å². The summed E-state index contributed by atoms with van der Waals surface area (Å²) in [5.41, 5.74) is 4.52. The molecule has 0 aliphatic carbocycles. The van der Waals surface area contributed by atoms with Crippen LogP contribution in [0.1, 0.15) is 36.5 Å². The van der Waals surface area contributed by atoms with E-state index in [0.29, 0.717) is 31.6 Å². The van der Waals surface area contributed by atoms with E-state index in [1.807, 2.05) is 63.2 Å². The zero-order chi connectivity index (χ0) is 19.4. The Balaban J connectivity index is 1.85. The maximum Gasteiger partial charge on any atom is 0.274 e. The van der Waals surface area contributed by atoms with Crippen molar-refractivity contribution in [2.75, 3.05) is 11.4 Å². The number of hydrazone groups is 1. The van der Waals surface area contributed by atoms with Crippen molar-refractivity contribution < 1.29 is 9.59 Å². The van der Waals surface area contributed by atoms with Crippen molar-refractivity contribution in [2.45, 2.75) is 40.2 Å². The van der Waals surface area contributed by atoms with Gasteiger partial charge in [0.1, 0.15) is 5.71 Å². The van der Waals surface area contributed by atoms with Crippen LogP contribution in [0.15, 0.2) is 53.6 Å². The molecule has 1 heterocycles. The minimum absolute atomic E-state index is 0.0511. The molecule has 140 valence electrons. The van der Waals surface area contributed by atoms with Crippen molar-refractivity contribution >= 4 is 23.2 Å².